The van der Waals surface area contributed by atoms with Gasteiger partial charge in [-0.25, -0.2) is 0 Å². The van der Waals surface area contributed by atoms with Crippen molar-refractivity contribution in [2.24, 2.45) is 5.41 Å². The zero-order valence-electron chi connectivity index (χ0n) is 13.3. The van der Waals surface area contributed by atoms with Gasteiger partial charge in [0.15, 0.2) is 0 Å². The summed E-state index contributed by atoms with van der Waals surface area (Å²) in [4.78, 5) is 23.6. The van der Waals surface area contributed by atoms with Crippen molar-refractivity contribution in [3.63, 3.8) is 0 Å². The molecule has 1 rings (SSSR count). The minimum absolute atomic E-state index is 0.0660. The van der Waals surface area contributed by atoms with Gasteiger partial charge in [0, 0.05) is 18.9 Å². The van der Waals surface area contributed by atoms with Crippen molar-refractivity contribution in [3.8, 4) is 0 Å². The topological polar surface area (TPSA) is 66.4 Å². The molecule has 120 valence electrons. The number of rotatable bonds is 9. The molecule has 2 N–H and O–H groups in total. The zero-order valence-corrected chi connectivity index (χ0v) is 13.3. The van der Waals surface area contributed by atoms with Crippen LogP contribution in [-0.2, 0) is 9.59 Å². The number of benzene rings is 1. The predicted molar refractivity (Wildman–Crippen MR) is 87.7 cm³/mol. The highest BCUT2D eigenvalue weighted by atomic mass is 16.4. The van der Waals surface area contributed by atoms with Crippen molar-refractivity contribution in [1.82, 2.24) is 5.32 Å². The Labute approximate surface area is 132 Å². The van der Waals surface area contributed by atoms with E-state index in [0.717, 1.165) is 5.56 Å². The number of hydrogen-bond acceptors (Lipinski definition) is 2. The van der Waals surface area contributed by atoms with E-state index in [1.807, 2.05) is 44.2 Å². The van der Waals surface area contributed by atoms with Gasteiger partial charge in [-0.3, -0.25) is 9.59 Å². The Hall–Kier alpha value is -2.10. The van der Waals surface area contributed by atoms with Crippen molar-refractivity contribution in [2.75, 3.05) is 6.54 Å². The first-order valence-electron chi connectivity index (χ1n) is 7.66. The van der Waals surface area contributed by atoms with E-state index in [9.17, 15) is 14.7 Å². The fourth-order valence-corrected chi connectivity index (χ4v) is 2.46. The van der Waals surface area contributed by atoms with Gasteiger partial charge in [0.1, 0.15) is 0 Å². The third-order valence-electron chi connectivity index (χ3n) is 4.35. The molecular weight excluding hydrogens is 278 g/mol. The van der Waals surface area contributed by atoms with Crippen LogP contribution in [0.2, 0.25) is 0 Å². The highest BCUT2D eigenvalue weighted by Crippen LogP contribution is 2.26. The zero-order chi connectivity index (χ0) is 16.6. The summed E-state index contributed by atoms with van der Waals surface area (Å²) in [6, 6.07) is 9.69. The van der Waals surface area contributed by atoms with Crippen molar-refractivity contribution < 1.29 is 14.7 Å². The molecule has 0 aromatic heterocycles. The molecule has 0 spiro atoms. The molecule has 0 aliphatic carbocycles. The molecule has 4 nitrogen and oxygen atoms in total. The number of amides is 1. The second-order valence-corrected chi connectivity index (χ2v) is 5.53. The quantitative estimate of drug-likeness (QED) is 0.687. The molecule has 22 heavy (non-hydrogen) atoms. The lowest BCUT2D eigenvalue weighted by Crippen LogP contribution is -2.42. The average molecular weight is 303 g/mol. The summed E-state index contributed by atoms with van der Waals surface area (Å²) in [7, 11) is 0. The van der Waals surface area contributed by atoms with Crippen LogP contribution in [0.3, 0.4) is 0 Å². The SMILES string of the molecule is C=CC(CC(=O)NCC(CC)(CC)C(=O)O)c1ccccc1. The van der Waals surface area contributed by atoms with E-state index in [1.165, 1.54) is 0 Å². The Balaban J connectivity index is 2.65. The summed E-state index contributed by atoms with van der Waals surface area (Å²) in [6.45, 7) is 7.61. The largest absolute Gasteiger partial charge is 0.481 e. The van der Waals surface area contributed by atoms with Crippen LogP contribution in [0, 0.1) is 5.41 Å². The Kier molecular flexibility index (Phi) is 6.83. The molecule has 0 aliphatic heterocycles. The molecule has 1 aromatic carbocycles. The molecule has 0 saturated heterocycles. The van der Waals surface area contributed by atoms with Crippen LogP contribution in [-0.4, -0.2) is 23.5 Å². The fourth-order valence-electron chi connectivity index (χ4n) is 2.46. The van der Waals surface area contributed by atoms with E-state index in [4.69, 9.17) is 0 Å². The first-order valence-corrected chi connectivity index (χ1v) is 7.66. The van der Waals surface area contributed by atoms with Crippen LogP contribution in [0.1, 0.15) is 44.6 Å². The van der Waals surface area contributed by atoms with Crippen LogP contribution < -0.4 is 5.32 Å². The highest BCUT2D eigenvalue weighted by Gasteiger charge is 2.35. The molecule has 1 amide bonds. The van der Waals surface area contributed by atoms with Gasteiger partial charge >= 0.3 is 5.97 Å². The summed E-state index contributed by atoms with van der Waals surface area (Å²) in [5, 5.41) is 12.1. The Morgan fingerprint density at radius 2 is 1.86 bits per heavy atom. The molecular formula is C18H25NO3. The van der Waals surface area contributed by atoms with Gasteiger partial charge in [0.25, 0.3) is 0 Å². The number of carbonyl (C=O) groups is 2. The van der Waals surface area contributed by atoms with Crippen LogP contribution in [0.25, 0.3) is 0 Å². The number of aliphatic carboxylic acids is 1. The van der Waals surface area contributed by atoms with Crippen molar-refractivity contribution >= 4 is 11.9 Å². The van der Waals surface area contributed by atoms with E-state index in [-0.39, 0.29) is 24.8 Å². The second-order valence-electron chi connectivity index (χ2n) is 5.53. The van der Waals surface area contributed by atoms with Crippen LogP contribution >= 0.6 is 0 Å². The predicted octanol–water partition coefficient (Wildman–Crippen LogP) is 3.35. The normalized spacial score (nSPS) is 12.5. The van der Waals surface area contributed by atoms with Gasteiger partial charge in [-0.05, 0) is 18.4 Å². The monoisotopic (exact) mass is 303 g/mol. The molecule has 0 radical (unpaired) electrons. The van der Waals surface area contributed by atoms with E-state index in [0.29, 0.717) is 12.8 Å². The van der Waals surface area contributed by atoms with E-state index in [2.05, 4.69) is 11.9 Å². The maximum Gasteiger partial charge on any atom is 0.311 e. The molecule has 1 aromatic rings. The maximum atomic E-state index is 12.1. The standard InChI is InChI=1S/C18H25NO3/c1-4-14(15-10-8-7-9-11-15)12-16(20)19-13-18(5-2,6-3)17(21)22/h4,7-11,14H,1,5-6,12-13H2,2-3H3,(H,19,20)(H,21,22). The first kappa shape index (κ1) is 18.0. The van der Waals surface area contributed by atoms with Crippen LogP contribution in [0.4, 0.5) is 0 Å². The van der Waals surface area contributed by atoms with Crippen molar-refractivity contribution in [3.05, 3.63) is 48.6 Å². The van der Waals surface area contributed by atoms with Gasteiger partial charge in [-0.2, -0.15) is 0 Å². The summed E-state index contributed by atoms with van der Waals surface area (Å²) in [6.07, 6.45) is 3.00. The number of carboxylic acid groups (broad SMARTS) is 1. The number of carboxylic acids is 1. The number of allylic oxidation sites excluding steroid dienone is 1. The van der Waals surface area contributed by atoms with Gasteiger partial charge in [-0.15, -0.1) is 6.58 Å². The maximum absolute atomic E-state index is 12.1. The van der Waals surface area contributed by atoms with Gasteiger partial charge in [-0.1, -0.05) is 50.3 Å². The molecule has 1 unspecified atom stereocenters. The molecule has 0 aliphatic rings. The first-order chi connectivity index (χ1) is 10.5. The minimum Gasteiger partial charge on any atom is -0.481 e. The Bertz CT molecular complexity index is 506. The van der Waals surface area contributed by atoms with Crippen molar-refractivity contribution in [1.29, 1.82) is 0 Å². The third-order valence-corrected chi connectivity index (χ3v) is 4.35. The van der Waals surface area contributed by atoms with Crippen LogP contribution in [0.5, 0.6) is 0 Å². The summed E-state index contributed by atoms with van der Waals surface area (Å²) < 4.78 is 0. The average Bonchev–Trinajstić information content (AvgIpc) is 2.54. The highest BCUT2D eigenvalue weighted by molar-refractivity contribution is 5.79. The number of carbonyl (C=O) groups excluding carboxylic acids is 1. The lowest BCUT2D eigenvalue weighted by Gasteiger charge is -2.27. The van der Waals surface area contributed by atoms with E-state index < -0.39 is 11.4 Å². The number of nitrogens with one attached hydrogen (secondary N) is 1. The Morgan fingerprint density at radius 1 is 1.27 bits per heavy atom. The van der Waals surface area contributed by atoms with E-state index >= 15 is 0 Å². The van der Waals surface area contributed by atoms with Gasteiger partial charge in [0.2, 0.25) is 5.91 Å². The van der Waals surface area contributed by atoms with Crippen LogP contribution in [0.15, 0.2) is 43.0 Å². The molecule has 0 saturated carbocycles. The minimum atomic E-state index is -0.883. The van der Waals surface area contributed by atoms with Gasteiger partial charge < -0.3 is 10.4 Å². The number of hydrogen-bond donors (Lipinski definition) is 2. The molecule has 0 heterocycles. The molecule has 1 atom stereocenters. The fraction of sp³-hybridized carbons (Fsp3) is 0.444. The molecule has 4 heteroatoms. The lowest BCUT2D eigenvalue weighted by molar-refractivity contribution is -0.149. The van der Waals surface area contributed by atoms with Gasteiger partial charge in [0.05, 0.1) is 5.41 Å². The van der Waals surface area contributed by atoms with E-state index in [1.54, 1.807) is 6.08 Å². The molecule has 0 bridgehead atoms. The second kappa shape index (κ2) is 8.37. The lowest BCUT2D eigenvalue weighted by atomic mass is 9.82. The summed E-state index contributed by atoms with van der Waals surface area (Å²) >= 11 is 0. The Morgan fingerprint density at radius 3 is 2.32 bits per heavy atom. The summed E-state index contributed by atoms with van der Waals surface area (Å²) in [5.41, 5.74) is 0.148. The summed E-state index contributed by atoms with van der Waals surface area (Å²) in [5.74, 6) is -1.08. The molecule has 0 fully saturated rings. The van der Waals surface area contributed by atoms with Crippen molar-refractivity contribution in [2.45, 2.75) is 39.0 Å². The third kappa shape index (κ3) is 4.45. The smallest absolute Gasteiger partial charge is 0.311 e.